The molecule has 5 heteroatoms. The molecule has 0 spiro atoms. The van der Waals surface area contributed by atoms with Crippen molar-refractivity contribution in [1.29, 1.82) is 0 Å². The first-order valence-corrected chi connectivity index (χ1v) is 5.69. The minimum atomic E-state index is -1.27. The fourth-order valence-electron chi connectivity index (χ4n) is 1.90. The molecule has 1 heterocycles. The van der Waals surface area contributed by atoms with E-state index in [1.54, 1.807) is 26.0 Å². The Morgan fingerprint density at radius 3 is 2.41 bits per heavy atom. The molecule has 17 heavy (non-hydrogen) atoms. The van der Waals surface area contributed by atoms with Gasteiger partial charge < -0.3 is 0 Å². The van der Waals surface area contributed by atoms with Crippen LogP contribution >= 0.6 is 0 Å². The van der Waals surface area contributed by atoms with Gasteiger partial charge in [0.2, 0.25) is 11.8 Å². The largest absolute Gasteiger partial charge is 0.330 e. The predicted octanol–water partition coefficient (Wildman–Crippen LogP) is 1.30. The van der Waals surface area contributed by atoms with Gasteiger partial charge in [0.1, 0.15) is 5.41 Å². The lowest BCUT2D eigenvalue weighted by atomic mass is 9.73. The Bertz CT molecular complexity index is 387. The Morgan fingerprint density at radius 2 is 1.94 bits per heavy atom. The molecule has 1 atom stereocenters. The first kappa shape index (κ1) is 13.4. The van der Waals surface area contributed by atoms with Crippen LogP contribution in [-0.4, -0.2) is 29.8 Å². The molecule has 1 aliphatic heterocycles. The lowest BCUT2D eigenvalue weighted by Crippen LogP contribution is -2.63. The van der Waals surface area contributed by atoms with Crippen molar-refractivity contribution in [3.63, 3.8) is 0 Å². The van der Waals surface area contributed by atoms with Crippen LogP contribution < -0.4 is 5.32 Å². The Labute approximate surface area is 101 Å². The van der Waals surface area contributed by atoms with Gasteiger partial charge in [0, 0.05) is 7.05 Å². The number of carbonyl (C=O) groups is 3. The molecule has 94 valence electrons. The van der Waals surface area contributed by atoms with Gasteiger partial charge in [-0.1, -0.05) is 32.9 Å². The highest BCUT2D eigenvalue weighted by molar-refractivity contribution is 6.20. The van der Waals surface area contributed by atoms with Gasteiger partial charge in [-0.05, 0) is 12.3 Å². The standard InChI is InChI=1S/C12H18N2O3/c1-5-6-7-12(8(2)3)9(15)13-11(17)14(4)10(12)16/h6-8H,5H2,1-4H3,(H,13,15,17)/b7-6+. The summed E-state index contributed by atoms with van der Waals surface area (Å²) in [6.45, 7) is 5.51. The van der Waals surface area contributed by atoms with Crippen molar-refractivity contribution in [2.75, 3.05) is 7.05 Å². The summed E-state index contributed by atoms with van der Waals surface area (Å²) in [5.74, 6) is -1.22. The smallest absolute Gasteiger partial charge is 0.276 e. The summed E-state index contributed by atoms with van der Waals surface area (Å²) in [6, 6.07) is -0.666. The Balaban J connectivity index is 3.27. The third-order valence-corrected chi connectivity index (χ3v) is 3.09. The summed E-state index contributed by atoms with van der Waals surface area (Å²) >= 11 is 0. The van der Waals surface area contributed by atoms with Gasteiger partial charge in [-0.15, -0.1) is 0 Å². The van der Waals surface area contributed by atoms with Crippen molar-refractivity contribution < 1.29 is 14.4 Å². The number of urea groups is 1. The monoisotopic (exact) mass is 238 g/mol. The molecular formula is C12H18N2O3. The first-order valence-electron chi connectivity index (χ1n) is 5.69. The Morgan fingerprint density at radius 1 is 1.35 bits per heavy atom. The zero-order chi connectivity index (χ0) is 13.2. The molecule has 4 amide bonds. The molecule has 0 aromatic rings. The number of imide groups is 2. The maximum Gasteiger partial charge on any atom is 0.330 e. The summed E-state index contributed by atoms with van der Waals surface area (Å²) in [5.41, 5.74) is -1.27. The van der Waals surface area contributed by atoms with E-state index in [1.807, 2.05) is 6.92 Å². The zero-order valence-corrected chi connectivity index (χ0v) is 10.6. The number of amides is 4. The summed E-state index contributed by atoms with van der Waals surface area (Å²) in [5, 5.41) is 2.22. The van der Waals surface area contributed by atoms with Crippen LogP contribution in [0.25, 0.3) is 0 Å². The minimum Gasteiger partial charge on any atom is -0.276 e. The molecule has 1 unspecified atom stereocenters. The molecule has 1 N–H and O–H groups in total. The highest BCUT2D eigenvalue weighted by atomic mass is 16.2. The second kappa shape index (κ2) is 4.69. The fraction of sp³-hybridized carbons (Fsp3) is 0.583. The maximum absolute atomic E-state index is 12.2. The van der Waals surface area contributed by atoms with Crippen molar-refractivity contribution in [2.45, 2.75) is 27.2 Å². The molecular weight excluding hydrogens is 220 g/mol. The van der Waals surface area contributed by atoms with Crippen LogP contribution in [0.2, 0.25) is 0 Å². The summed E-state index contributed by atoms with van der Waals surface area (Å²) in [7, 11) is 1.38. The fourth-order valence-corrected chi connectivity index (χ4v) is 1.90. The second-order valence-electron chi connectivity index (χ2n) is 4.46. The van der Waals surface area contributed by atoms with Crippen molar-refractivity contribution in [3.8, 4) is 0 Å². The van der Waals surface area contributed by atoms with Gasteiger partial charge in [-0.25, -0.2) is 4.79 Å². The number of carbonyl (C=O) groups excluding carboxylic acids is 3. The normalized spacial score (nSPS) is 25.9. The topological polar surface area (TPSA) is 66.5 Å². The molecule has 0 saturated carbocycles. The average Bonchev–Trinajstić information content (AvgIpc) is 2.26. The average molecular weight is 238 g/mol. The van der Waals surface area contributed by atoms with E-state index in [0.717, 1.165) is 11.3 Å². The van der Waals surface area contributed by atoms with E-state index < -0.39 is 23.3 Å². The third kappa shape index (κ3) is 1.97. The van der Waals surface area contributed by atoms with Crippen LogP contribution in [0.1, 0.15) is 27.2 Å². The van der Waals surface area contributed by atoms with Gasteiger partial charge in [0.15, 0.2) is 0 Å². The van der Waals surface area contributed by atoms with Gasteiger partial charge >= 0.3 is 6.03 Å². The summed E-state index contributed by atoms with van der Waals surface area (Å²) < 4.78 is 0. The molecule has 1 rings (SSSR count). The van der Waals surface area contributed by atoms with E-state index in [-0.39, 0.29) is 5.92 Å². The maximum atomic E-state index is 12.2. The van der Waals surface area contributed by atoms with Gasteiger partial charge in [0.05, 0.1) is 0 Å². The van der Waals surface area contributed by atoms with Crippen LogP contribution in [0, 0.1) is 11.3 Å². The molecule has 0 aromatic carbocycles. The van der Waals surface area contributed by atoms with E-state index in [9.17, 15) is 14.4 Å². The highest BCUT2D eigenvalue weighted by Crippen LogP contribution is 2.34. The number of hydrogen-bond donors (Lipinski definition) is 1. The van der Waals surface area contributed by atoms with Crippen LogP contribution in [0.4, 0.5) is 4.79 Å². The van der Waals surface area contributed by atoms with Gasteiger partial charge in [0.25, 0.3) is 0 Å². The molecule has 1 aliphatic rings. The van der Waals surface area contributed by atoms with Crippen molar-refractivity contribution >= 4 is 17.8 Å². The SMILES string of the molecule is CC/C=C/C1(C(C)C)C(=O)NC(=O)N(C)C1=O. The van der Waals surface area contributed by atoms with Crippen molar-refractivity contribution in [3.05, 3.63) is 12.2 Å². The van der Waals surface area contributed by atoms with E-state index in [0.29, 0.717) is 0 Å². The van der Waals surface area contributed by atoms with Crippen LogP contribution in [-0.2, 0) is 9.59 Å². The van der Waals surface area contributed by atoms with Gasteiger partial charge in [-0.2, -0.15) is 0 Å². The Kier molecular flexibility index (Phi) is 3.70. The van der Waals surface area contributed by atoms with E-state index in [2.05, 4.69) is 5.32 Å². The minimum absolute atomic E-state index is 0.214. The molecule has 0 radical (unpaired) electrons. The second-order valence-corrected chi connectivity index (χ2v) is 4.46. The number of nitrogens with one attached hydrogen (secondary N) is 1. The van der Waals surface area contributed by atoms with Crippen molar-refractivity contribution in [1.82, 2.24) is 10.2 Å². The zero-order valence-electron chi connectivity index (χ0n) is 10.6. The molecule has 0 aromatic heterocycles. The van der Waals surface area contributed by atoms with E-state index in [4.69, 9.17) is 0 Å². The highest BCUT2D eigenvalue weighted by Gasteiger charge is 2.53. The molecule has 0 aliphatic carbocycles. The lowest BCUT2D eigenvalue weighted by molar-refractivity contribution is -0.149. The van der Waals surface area contributed by atoms with Crippen LogP contribution in [0.5, 0.6) is 0 Å². The quantitative estimate of drug-likeness (QED) is 0.595. The predicted molar refractivity (Wildman–Crippen MR) is 63.0 cm³/mol. The van der Waals surface area contributed by atoms with Crippen LogP contribution in [0.3, 0.4) is 0 Å². The number of barbiturate groups is 1. The number of nitrogens with zero attached hydrogens (tertiary/aromatic N) is 1. The number of rotatable bonds is 3. The van der Waals surface area contributed by atoms with E-state index >= 15 is 0 Å². The number of hydrogen-bond acceptors (Lipinski definition) is 3. The Hall–Kier alpha value is -1.65. The van der Waals surface area contributed by atoms with Crippen molar-refractivity contribution in [2.24, 2.45) is 11.3 Å². The molecule has 5 nitrogen and oxygen atoms in total. The molecule has 0 bridgehead atoms. The van der Waals surface area contributed by atoms with Gasteiger partial charge in [-0.3, -0.25) is 19.8 Å². The molecule has 1 fully saturated rings. The lowest BCUT2D eigenvalue weighted by Gasteiger charge is -2.38. The summed E-state index contributed by atoms with van der Waals surface area (Å²) in [6.07, 6.45) is 4.12. The number of allylic oxidation sites excluding steroid dienone is 1. The van der Waals surface area contributed by atoms with E-state index in [1.165, 1.54) is 7.05 Å². The molecule has 1 saturated heterocycles. The summed E-state index contributed by atoms with van der Waals surface area (Å²) in [4.78, 5) is 36.5. The first-order chi connectivity index (χ1) is 7.87. The van der Waals surface area contributed by atoms with Crippen LogP contribution in [0.15, 0.2) is 12.2 Å². The third-order valence-electron chi connectivity index (χ3n) is 3.09.